The Hall–Kier alpha value is -1.36. The van der Waals surface area contributed by atoms with Crippen molar-refractivity contribution in [3.63, 3.8) is 0 Å². The molecule has 0 aromatic heterocycles. The first kappa shape index (κ1) is 11.7. The zero-order chi connectivity index (χ0) is 11.4. The Kier molecular flexibility index (Phi) is 3.85. The average molecular weight is 232 g/mol. The summed E-state index contributed by atoms with van der Waals surface area (Å²) in [4.78, 5) is 20.5. The Morgan fingerprint density at radius 3 is 2.87 bits per heavy atom. The van der Waals surface area contributed by atoms with Gasteiger partial charge in [-0.2, -0.15) is 0 Å². The second kappa shape index (κ2) is 4.93. The van der Waals surface area contributed by atoms with E-state index >= 15 is 0 Å². The summed E-state index contributed by atoms with van der Waals surface area (Å²) < 4.78 is 4.58. The molecule has 0 fully saturated rings. The fraction of sp³-hybridized carbons (Fsp3) is 0.444. The largest absolute Gasteiger partial charge is 0.449 e. The number of allylic oxidation sites excluding steroid dienone is 3. The minimum Gasteiger partial charge on any atom is -0.449 e. The van der Waals surface area contributed by atoms with E-state index in [4.69, 9.17) is 11.6 Å². The van der Waals surface area contributed by atoms with Crippen molar-refractivity contribution in [1.29, 1.82) is 0 Å². The zero-order valence-corrected chi connectivity index (χ0v) is 8.86. The Labute approximate surface area is 91.5 Å². The van der Waals surface area contributed by atoms with Gasteiger partial charge in [0, 0.05) is 17.7 Å². The molecule has 5 nitrogen and oxygen atoms in total. The molecule has 6 heteroatoms. The Morgan fingerprint density at radius 1 is 1.73 bits per heavy atom. The van der Waals surface area contributed by atoms with Gasteiger partial charge in [0.1, 0.15) is 6.61 Å². The summed E-state index contributed by atoms with van der Waals surface area (Å²) in [5.41, 5.74) is 0.130. The molecule has 0 aromatic rings. The van der Waals surface area contributed by atoms with Gasteiger partial charge in [-0.1, -0.05) is 13.0 Å². The summed E-state index contributed by atoms with van der Waals surface area (Å²) in [6.07, 6.45) is 3.54. The van der Waals surface area contributed by atoms with Crippen molar-refractivity contribution in [2.75, 3.05) is 6.61 Å². The van der Waals surface area contributed by atoms with Crippen LogP contribution in [0.4, 0.5) is 4.79 Å². The average Bonchev–Trinajstić information content (AvgIpc) is 2.14. The first-order valence-corrected chi connectivity index (χ1v) is 4.74. The van der Waals surface area contributed by atoms with Crippen LogP contribution in [-0.4, -0.2) is 17.0 Å². The van der Waals surface area contributed by atoms with Gasteiger partial charge in [-0.05, 0) is 12.0 Å². The van der Waals surface area contributed by atoms with E-state index in [0.717, 1.165) is 5.57 Å². The van der Waals surface area contributed by atoms with E-state index in [0.29, 0.717) is 6.42 Å². The quantitative estimate of drug-likeness (QED) is 0.425. The monoisotopic (exact) mass is 231 g/mol. The van der Waals surface area contributed by atoms with Crippen LogP contribution in [0.15, 0.2) is 23.4 Å². The van der Waals surface area contributed by atoms with Gasteiger partial charge in [0.2, 0.25) is 5.70 Å². The summed E-state index contributed by atoms with van der Waals surface area (Å²) >= 11 is 5.00. The molecule has 0 amide bonds. The smallest absolute Gasteiger partial charge is 0.404 e. The summed E-state index contributed by atoms with van der Waals surface area (Å²) in [6, 6.07) is 0. The third-order valence-electron chi connectivity index (χ3n) is 2.14. The van der Waals surface area contributed by atoms with E-state index in [1.54, 1.807) is 13.0 Å². The lowest BCUT2D eigenvalue weighted by molar-refractivity contribution is -0.433. The number of halogens is 1. The molecule has 0 bridgehead atoms. The van der Waals surface area contributed by atoms with Crippen LogP contribution in [0, 0.1) is 16.0 Å². The third-order valence-corrected chi connectivity index (χ3v) is 2.25. The molecule has 0 radical (unpaired) electrons. The minimum atomic E-state index is -0.868. The van der Waals surface area contributed by atoms with Crippen molar-refractivity contribution in [2.24, 2.45) is 5.92 Å². The van der Waals surface area contributed by atoms with Gasteiger partial charge in [0.25, 0.3) is 0 Å². The SMILES string of the molecule is CC1CC(COC(=O)Cl)=CC=C1[N+](=O)[O-]. The van der Waals surface area contributed by atoms with Crippen LogP contribution in [-0.2, 0) is 4.74 Å². The standard InChI is InChI=1S/C9H10ClNO4/c1-6-4-7(5-15-9(10)12)2-3-8(6)11(13)14/h2-3,6H,4-5H2,1H3. The van der Waals surface area contributed by atoms with E-state index in [9.17, 15) is 14.9 Å². The number of nitro groups is 1. The van der Waals surface area contributed by atoms with E-state index < -0.39 is 10.4 Å². The van der Waals surface area contributed by atoms with Crippen molar-refractivity contribution in [3.05, 3.63) is 33.5 Å². The van der Waals surface area contributed by atoms with Crippen LogP contribution in [0.25, 0.3) is 0 Å². The highest BCUT2D eigenvalue weighted by atomic mass is 35.5. The zero-order valence-electron chi connectivity index (χ0n) is 8.10. The maximum absolute atomic E-state index is 10.5. The molecule has 1 aliphatic carbocycles. The lowest BCUT2D eigenvalue weighted by Crippen LogP contribution is -2.14. The number of nitrogens with zero attached hydrogens (tertiary/aromatic N) is 1. The highest BCUT2D eigenvalue weighted by molar-refractivity contribution is 6.61. The maximum atomic E-state index is 10.5. The van der Waals surface area contributed by atoms with Crippen LogP contribution in [0.1, 0.15) is 13.3 Å². The van der Waals surface area contributed by atoms with Gasteiger partial charge in [-0.3, -0.25) is 10.1 Å². The topological polar surface area (TPSA) is 69.4 Å². The van der Waals surface area contributed by atoms with Gasteiger partial charge in [-0.25, -0.2) is 4.79 Å². The highest BCUT2D eigenvalue weighted by Crippen LogP contribution is 2.25. The van der Waals surface area contributed by atoms with Gasteiger partial charge in [0.05, 0.1) is 10.8 Å². The summed E-state index contributed by atoms with van der Waals surface area (Å²) in [6.45, 7) is 1.85. The van der Waals surface area contributed by atoms with Crippen LogP contribution in [0.2, 0.25) is 0 Å². The number of carbonyl (C=O) groups is 1. The highest BCUT2D eigenvalue weighted by Gasteiger charge is 2.24. The summed E-state index contributed by atoms with van der Waals surface area (Å²) in [5.74, 6) is -0.172. The van der Waals surface area contributed by atoms with E-state index in [2.05, 4.69) is 4.74 Å². The number of ether oxygens (including phenoxy) is 1. The van der Waals surface area contributed by atoms with Gasteiger partial charge in [-0.15, -0.1) is 0 Å². The first-order chi connectivity index (χ1) is 7.00. The fourth-order valence-electron chi connectivity index (χ4n) is 1.43. The van der Waals surface area contributed by atoms with Crippen molar-refractivity contribution in [3.8, 4) is 0 Å². The van der Waals surface area contributed by atoms with Crippen molar-refractivity contribution >= 4 is 17.0 Å². The van der Waals surface area contributed by atoms with Gasteiger partial charge in [0.15, 0.2) is 0 Å². The van der Waals surface area contributed by atoms with Crippen LogP contribution in [0.3, 0.4) is 0 Å². The lowest BCUT2D eigenvalue weighted by atomic mass is 9.93. The summed E-state index contributed by atoms with van der Waals surface area (Å²) in [7, 11) is 0. The predicted octanol–water partition coefficient (Wildman–Crippen LogP) is 2.49. The molecular weight excluding hydrogens is 222 g/mol. The molecule has 0 aliphatic heterocycles. The van der Waals surface area contributed by atoms with Crippen LogP contribution < -0.4 is 0 Å². The molecule has 1 rings (SSSR count). The number of rotatable bonds is 3. The second-order valence-corrected chi connectivity index (χ2v) is 3.61. The Balaban J connectivity index is 2.64. The molecule has 0 aromatic carbocycles. The van der Waals surface area contributed by atoms with Gasteiger partial charge < -0.3 is 4.74 Å². The van der Waals surface area contributed by atoms with E-state index in [1.165, 1.54) is 6.08 Å². The summed E-state index contributed by atoms with van der Waals surface area (Å²) in [5, 5.41) is 10.5. The molecule has 1 aliphatic rings. The fourth-order valence-corrected chi connectivity index (χ4v) is 1.49. The van der Waals surface area contributed by atoms with Crippen LogP contribution in [0.5, 0.6) is 0 Å². The molecule has 1 atom stereocenters. The van der Waals surface area contributed by atoms with Gasteiger partial charge >= 0.3 is 5.43 Å². The third kappa shape index (κ3) is 3.36. The minimum absolute atomic E-state index is 0.0914. The van der Waals surface area contributed by atoms with E-state index in [1.807, 2.05) is 0 Å². The first-order valence-electron chi connectivity index (χ1n) is 4.37. The molecule has 82 valence electrons. The normalized spacial score (nSPS) is 20.3. The predicted molar refractivity (Wildman–Crippen MR) is 54.1 cm³/mol. The molecule has 0 saturated carbocycles. The molecule has 0 saturated heterocycles. The van der Waals surface area contributed by atoms with Crippen molar-refractivity contribution in [2.45, 2.75) is 13.3 Å². The molecule has 15 heavy (non-hydrogen) atoms. The second-order valence-electron chi connectivity index (χ2n) is 3.31. The maximum Gasteiger partial charge on any atom is 0.404 e. The molecule has 0 spiro atoms. The molecule has 1 unspecified atom stereocenters. The number of carbonyl (C=O) groups excluding carboxylic acids is 1. The van der Waals surface area contributed by atoms with Crippen LogP contribution >= 0.6 is 11.6 Å². The van der Waals surface area contributed by atoms with Crippen molar-refractivity contribution < 1.29 is 14.5 Å². The van der Waals surface area contributed by atoms with E-state index in [-0.39, 0.29) is 18.2 Å². The number of hydrogen-bond acceptors (Lipinski definition) is 4. The Bertz CT molecular complexity index is 348. The number of hydrogen-bond donors (Lipinski definition) is 0. The molecule has 0 heterocycles. The Morgan fingerprint density at radius 2 is 2.40 bits per heavy atom. The lowest BCUT2D eigenvalue weighted by Gasteiger charge is -2.15. The molecular formula is C9H10ClNO4. The molecule has 0 N–H and O–H groups in total. The van der Waals surface area contributed by atoms with Crippen molar-refractivity contribution in [1.82, 2.24) is 0 Å².